The average Bonchev–Trinajstić information content (AvgIpc) is 3.17. The molecule has 1 spiro atoms. The Morgan fingerprint density at radius 3 is 2.45 bits per heavy atom. The number of thioether (sulfide) groups is 1. The van der Waals surface area contributed by atoms with E-state index < -0.39 is 27.4 Å². The number of rotatable bonds is 5. The quantitative estimate of drug-likeness (QED) is 0.600. The first-order chi connectivity index (χ1) is 18.3. The van der Waals surface area contributed by atoms with Crippen LogP contribution in [0.1, 0.15) is 20.3 Å². The summed E-state index contributed by atoms with van der Waals surface area (Å²) in [4.78, 5) is 47.6. The number of carbonyl (C=O) groups excluding carboxylic acids is 3. The molecule has 8 heteroatoms. The van der Waals surface area contributed by atoms with E-state index in [9.17, 15) is 19.5 Å². The lowest BCUT2D eigenvalue weighted by Crippen LogP contribution is -2.54. The zero-order valence-electron chi connectivity index (χ0n) is 21.7. The molecule has 7 nitrogen and oxygen atoms in total. The molecule has 2 aromatic rings. The van der Waals surface area contributed by atoms with Crippen molar-refractivity contribution in [1.82, 2.24) is 9.80 Å². The fourth-order valence-electron chi connectivity index (χ4n) is 6.97. The Morgan fingerprint density at radius 1 is 0.921 bits per heavy atom. The molecular weight excluding hydrogens is 498 g/mol. The summed E-state index contributed by atoms with van der Waals surface area (Å²) in [5, 5.41) is 12.0. The molecule has 1 unspecified atom stereocenters. The van der Waals surface area contributed by atoms with Gasteiger partial charge in [-0.25, -0.2) is 0 Å². The van der Waals surface area contributed by atoms with Gasteiger partial charge in [-0.15, -0.1) is 11.8 Å². The van der Waals surface area contributed by atoms with Gasteiger partial charge in [-0.1, -0.05) is 61.6 Å². The van der Waals surface area contributed by atoms with Crippen LogP contribution in [0.4, 0.5) is 5.69 Å². The van der Waals surface area contributed by atoms with Crippen LogP contribution in [0.15, 0.2) is 66.8 Å². The second-order valence-electron chi connectivity index (χ2n) is 10.8. The van der Waals surface area contributed by atoms with E-state index >= 15 is 0 Å². The topological polar surface area (TPSA) is 81.2 Å². The molecule has 0 radical (unpaired) electrons. The number of amides is 3. The highest BCUT2D eigenvalue weighted by molar-refractivity contribution is 8.02. The van der Waals surface area contributed by atoms with Crippen molar-refractivity contribution in [3.8, 4) is 0 Å². The highest BCUT2D eigenvalue weighted by atomic mass is 32.2. The Balaban J connectivity index is 1.46. The zero-order valence-corrected chi connectivity index (χ0v) is 22.6. The first-order valence-electron chi connectivity index (χ1n) is 13.4. The Kier molecular flexibility index (Phi) is 6.15. The highest BCUT2D eigenvalue weighted by Crippen LogP contribution is 2.65. The molecule has 1 N–H and O–H groups in total. The molecule has 0 bridgehead atoms. The van der Waals surface area contributed by atoms with Gasteiger partial charge < -0.3 is 19.8 Å². The third-order valence-electron chi connectivity index (χ3n) is 8.52. The third kappa shape index (κ3) is 3.57. The molecule has 3 amide bonds. The van der Waals surface area contributed by atoms with Gasteiger partial charge in [-0.3, -0.25) is 14.4 Å². The maximum Gasteiger partial charge on any atom is 0.251 e. The van der Waals surface area contributed by atoms with Gasteiger partial charge in [-0.05, 0) is 36.2 Å². The van der Waals surface area contributed by atoms with Crippen molar-refractivity contribution in [3.63, 3.8) is 0 Å². The lowest BCUT2D eigenvalue weighted by atomic mass is 9.74. The predicted octanol–water partition coefficient (Wildman–Crippen LogP) is 3.23. The van der Waals surface area contributed by atoms with Gasteiger partial charge >= 0.3 is 0 Å². The van der Waals surface area contributed by atoms with Gasteiger partial charge in [0.15, 0.2) is 0 Å². The third-order valence-corrected chi connectivity index (χ3v) is 10.3. The lowest BCUT2D eigenvalue weighted by Gasteiger charge is -2.36. The monoisotopic (exact) mass is 531 g/mol. The Labute approximate surface area is 227 Å². The van der Waals surface area contributed by atoms with Crippen LogP contribution < -0.4 is 4.90 Å². The van der Waals surface area contributed by atoms with Crippen LogP contribution in [-0.4, -0.2) is 80.9 Å². The van der Waals surface area contributed by atoms with Crippen molar-refractivity contribution in [1.29, 1.82) is 0 Å². The van der Waals surface area contributed by atoms with Gasteiger partial charge in [0, 0.05) is 36.6 Å². The number of carbonyl (C=O) groups is 3. The van der Waals surface area contributed by atoms with Crippen LogP contribution in [0.5, 0.6) is 0 Å². The molecule has 4 aliphatic rings. The first-order valence-corrected chi connectivity index (χ1v) is 14.2. The van der Waals surface area contributed by atoms with Gasteiger partial charge in [0.2, 0.25) is 11.8 Å². The van der Waals surface area contributed by atoms with E-state index in [1.165, 1.54) is 4.90 Å². The minimum atomic E-state index is -0.899. The molecule has 2 saturated heterocycles. The number of fused-ring (bicyclic) bond motifs is 3. The Morgan fingerprint density at radius 2 is 1.68 bits per heavy atom. The van der Waals surface area contributed by atoms with E-state index in [-0.39, 0.29) is 30.9 Å². The van der Waals surface area contributed by atoms with Crippen LogP contribution in [0.25, 0.3) is 10.8 Å². The standard InChI is InChI=1S/C30H33N3O4S/c1-3-14-31-15-6-12-29(2)23(26(31)35)24-27(36)33(17-18-34)25-28(37)32(16-7-13-30(24,25)38-29)22-11-10-20-8-4-5-9-21(20)19-22/h4-13,19,23-25,34H,3,14-18H2,1-2H3/t23-,24+,25?,29+,30+/m1/s1. The van der Waals surface area contributed by atoms with E-state index in [2.05, 4.69) is 6.08 Å². The summed E-state index contributed by atoms with van der Waals surface area (Å²) in [5.41, 5.74) is 0.767. The fourth-order valence-corrected chi connectivity index (χ4v) is 9.12. The molecule has 2 fully saturated rings. The molecule has 4 aliphatic heterocycles. The second kappa shape index (κ2) is 9.27. The SMILES string of the molecule is CCCN1CC=C[C@]2(C)S[C@]34C=CCN(c5ccc6ccccc6c5)C(=O)C3N(CCO)C(=O)[C@@H]4[C@@H]2C1=O. The highest BCUT2D eigenvalue weighted by Gasteiger charge is 2.73. The number of anilines is 1. The smallest absolute Gasteiger partial charge is 0.251 e. The van der Waals surface area contributed by atoms with E-state index in [1.54, 1.807) is 16.7 Å². The number of benzene rings is 2. The summed E-state index contributed by atoms with van der Waals surface area (Å²) < 4.78 is -1.52. The number of hydrogen-bond donors (Lipinski definition) is 1. The minimum absolute atomic E-state index is 0.0249. The summed E-state index contributed by atoms with van der Waals surface area (Å²) in [6.07, 6.45) is 8.95. The fraction of sp³-hybridized carbons (Fsp3) is 0.433. The number of β-amino-alcohol motifs (C(OH)–C–C–N with tert-alkyl or cyclic N) is 1. The number of hydrogen-bond acceptors (Lipinski definition) is 5. The van der Waals surface area contributed by atoms with Gasteiger partial charge in [-0.2, -0.15) is 0 Å². The van der Waals surface area contributed by atoms with Gasteiger partial charge in [0.05, 0.1) is 23.2 Å². The Bertz CT molecular complexity index is 1370. The number of nitrogens with zero attached hydrogens (tertiary/aromatic N) is 3. The molecule has 38 heavy (non-hydrogen) atoms. The van der Waals surface area contributed by atoms with Crippen molar-refractivity contribution in [2.24, 2.45) is 11.8 Å². The lowest BCUT2D eigenvalue weighted by molar-refractivity contribution is -0.143. The van der Waals surface area contributed by atoms with Crippen LogP contribution in [0.2, 0.25) is 0 Å². The van der Waals surface area contributed by atoms with E-state index in [1.807, 2.05) is 79.4 Å². The number of likely N-dealkylation sites (tertiary alicyclic amines) is 1. The van der Waals surface area contributed by atoms with Crippen molar-refractivity contribution >= 4 is 45.9 Å². The van der Waals surface area contributed by atoms with Crippen LogP contribution in [-0.2, 0) is 14.4 Å². The van der Waals surface area contributed by atoms with Gasteiger partial charge in [0.1, 0.15) is 6.04 Å². The molecule has 5 atom stereocenters. The molecule has 2 aromatic carbocycles. The molecular formula is C30H33N3O4S. The van der Waals surface area contributed by atoms with Crippen LogP contribution in [0.3, 0.4) is 0 Å². The minimum Gasteiger partial charge on any atom is -0.395 e. The molecule has 0 saturated carbocycles. The Hall–Kier alpha value is -3.10. The maximum absolute atomic E-state index is 14.4. The molecule has 0 aliphatic carbocycles. The van der Waals surface area contributed by atoms with Crippen molar-refractivity contribution < 1.29 is 19.5 Å². The summed E-state index contributed by atoms with van der Waals surface area (Å²) >= 11 is 1.57. The number of aliphatic hydroxyl groups is 1. The largest absolute Gasteiger partial charge is 0.395 e. The molecule has 6 rings (SSSR count). The van der Waals surface area contributed by atoms with Crippen molar-refractivity contribution in [2.75, 3.05) is 37.7 Å². The van der Waals surface area contributed by atoms with E-state index in [0.717, 1.165) is 22.9 Å². The molecule has 4 heterocycles. The van der Waals surface area contributed by atoms with E-state index in [0.29, 0.717) is 19.6 Å². The van der Waals surface area contributed by atoms with Crippen molar-refractivity contribution in [2.45, 2.75) is 35.8 Å². The number of aliphatic hydroxyl groups excluding tert-OH is 1. The first kappa shape index (κ1) is 25.2. The summed E-state index contributed by atoms with van der Waals surface area (Å²) in [6, 6.07) is 13.2. The average molecular weight is 532 g/mol. The molecule has 198 valence electrons. The van der Waals surface area contributed by atoms with Crippen LogP contribution in [0, 0.1) is 11.8 Å². The zero-order chi connectivity index (χ0) is 26.7. The second-order valence-corrected chi connectivity index (χ2v) is 12.6. The maximum atomic E-state index is 14.4. The van der Waals surface area contributed by atoms with Gasteiger partial charge in [0.25, 0.3) is 5.91 Å². The molecule has 0 aromatic heterocycles. The normalized spacial score (nSPS) is 32.4. The van der Waals surface area contributed by atoms with E-state index in [4.69, 9.17) is 0 Å². The summed E-state index contributed by atoms with van der Waals surface area (Å²) in [5.74, 6) is -1.68. The predicted molar refractivity (Wildman–Crippen MR) is 150 cm³/mol. The van der Waals surface area contributed by atoms with Crippen molar-refractivity contribution in [3.05, 3.63) is 66.8 Å². The van der Waals surface area contributed by atoms with Crippen LogP contribution >= 0.6 is 11.8 Å². The summed E-state index contributed by atoms with van der Waals surface area (Å²) in [7, 11) is 0. The summed E-state index contributed by atoms with van der Waals surface area (Å²) in [6.45, 7) is 5.41.